The Labute approximate surface area is 196 Å². The molecule has 0 saturated heterocycles. The fraction of sp³-hybridized carbons (Fsp3) is 0.217. The number of nitrogens with zero attached hydrogens (tertiary/aromatic N) is 1. The third-order valence-electron chi connectivity index (χ3n) is 4.56. The zero-order valence-electron chi connectivity index (χ0n) is 17.6. The van der Waals surface area contributed by atoms with Crippen molar-refractivity contribution in [2.75, 3.05) is 11.9 Å². The highest BCUT2D eigenvalue weighted by Gasteiger charge is 2.23. The van der Waals surface area contributed by atoms with Crippen LogP contribution in [-0.2, 0) is 4.74 Å². The molecule has 166 valence electrons. The van der Waals surface area contributed by atoms with Crippen LogP contribution in [0.4, 0.5) is 5.69 Å². The first kappa shape index (κ1) is 23.4. The van der Waals surface area contributed by atoms with Crippen molar-refractivity contribution in [3.8, 4) is 11.3 Å². The molecule has 0 fully saturated rings. The molecule has 0 saturated carbocycles. The molecule has 1 aromatic heterocycles. The number of benzene rings is 2. The van der Waals surface area contributed by atoms with Crippen molar-refractivity contribution in [2.24, 2.45) is 0 Å². The summed E-state index contributed by atoms with van der Waals surface area (Å²) in [6.45, 7) is 4.05. The van der Waals surface area contributed by atoms with Crippen LogP contribution in [0.5, 0.6) is 0 Å². The number of rotatable bonds is 7. The number of carbonyl (C=O) groups excluding carboxylic acids is 2. The predicted octanol–water partition coefficient (Wildman–Crippen LogP) is 5.39. The summed E-state index contributed by atoms with van der Waals surface area (Å²) >= 11 is 11.5. The van der Waals surface area contributed by atoms with Gasteiger partial charge in [0.2, 0.25) is 0 Å². The molecular weight excluding hydrogens is 450 g/mol. The second-order valence-corrected chi connectivity index (χ2v) is 7.73. The number of nitrogens with one attached hydrogen (secondary N) is 2. The number of aryl methyl sites for hydroxylation is 1. The third-order valence-corrected chi connectivity index (χ3v) is 5.09. The van der Waals surface area contributed by atoms with Crippen molar-refractivity contribution < 1.29 is 18.8 Å². The lowest BCUT2D eigenvalue weighted by Gasteiger charge is -2.11. The highest BCUT2D eigenvalue weighted by Crippen LogP contribution is 2.30. The van der Waals surface area contributed by atoms with Gasteiger partial charge >= 0.3 is 5.97 Å². The summed E-state index contributed by atoms with van der Waals surface area (Å²) in [6, 6.07) is 13.6. The molecule has 7 nitrogen and oxygen atoms in total. The number of ether oxygens (including phenoxy) is 1. The number of unbranched alkanes of at least 4 members (excludes halogenated alkanes) is 1. The normalized spacial score (nSPS) is 10.5. The summed E-state index contributed by atoms with van der Waals surface area (Å²) in [5.74, 6) is -0.519. The molecule has 1 heterocycles. The topological polar surface area (TPSA) is 93.5 Å². The van der Waals surface area contributed by atoms with Gasteiger partial charge in [0.15, 0.2) is 5.11 Å². The minimum Gasteiger partial charge on any atom is -0.462 e. The maximum atomic E-state index is 12.9. The summed E-state index contributed by atoms with van der Waals surface area (Å²) < 4.78 is 10.4. The van der Waals surface area contributed by atoms with E-state index >= 15 is 0 Å². The van der Waals surface area contributed by atoms with E-state index in [1.165, 1.54) is 0 Å². The van der Waals surface area contributed by atoms with Gasteiger partial charge in [-0.05, 0) is 55.9 Å². The molecule has 0 aliphatic rings. The molecule has 0 unspecified atom stereocenters. The number of hydrogen-bond acceptors (Lipinski definition) is 6. The van der Waals surface area contributed by atoms with Gasteiger partial charge in [-0.15, -0.1) is 0 Å². The molecule has 0 aliphatic heterocycles. The van der Waals surface area contributed by atoms with Gasteiger partial charge in [-0.3, -0.25) is 10.1 Å². The van der Waals surface area contributed by atoms with Crippen LogP contribution in [0.3, 0.4) is 0 Å². The zero-order chi connectivity index (χ0) is 23.1. The molecule has 9 heteroatoms. The van der Waals surface area contributed by atoms with E-state index in [9.17, 15) is 9.59 Å². The van der Waals surface area contributed by atoms with Crippen LogP contribution in [0.2, 0.25) is 5.02 Å². The number of esters is 1. The Balaban J connectivity index is 1.65. The summed E-state index contributed by atoms with van der Waals surface area (Å²) in [6.07, 6.45) is 1.77. The van der Waals surface area contributed by atoms with E-state index in [0.717, 1.165) is 12.8 Å². The second-order valence-electron chi connectivity index (χ2n) is 6.92. The number of thiocarbonyl (C=S) groups is 1. The van der Waals surface area contributed by atoms with Crippen molar-refractivity contribution in [1.29, 1.82) is 0 Å². The van der Waals surface area contributed by atoms with Gasteiger partial charge in [0.25, 0.3) is 5.91 Å². The number of halogens is 1. The van der Waals surface area contributed by atoms with E-state index in [-0.39, 0.29) is 16.6 Å². The van der Waals surface area contributed by atoms with Crippen LogP contribution in [-0.4, -0.2) is 28.8 Å². The van der Waals surface area contributed by atoms with Crippen LogP contribution in [0, 0.1) is 6.92 Å². The van der Waals surface area contributed by atoms with Crippen LogP contribution in [0.1, 0.15) is 46.2 Å². The molecule has 0 aliphatic carbocycles. The smallest absolute Gasteiger partial charge is 0.338 e. The van der Waals surface area contributed by atoms with Crippen LogP contribution in [0.15, 0.2) is 53.1 Å². The average molecular weight is 472 g/mol. The van der Waals surface area contributed by atoms with E-state index in [1.807, 2.05) is 6.92 Å². The molecule has 0 radical (unpaired) electrons. The van der Waals surface area contributed by atoms with Crippen molar-refractivity contribution in [3.05, 3.63) is 70.4 Å². The Morgan fingerprint density at radius 1 is 1.16 bits per heavy atom. The van der Waals surface area contributed by atoms with Gasteiger partial charge in [-0.2, -0.15) is 0 Å². The quantitative estimate of drug-likeness (QED) is 0.271. The van der Waals surface area contributed by atoms with Crippen molar-refractivity contribution in [3.63, 3.8) is 0 Å². The van der Waals surface area contributed by atoms with Crippen molar-refractivity contribution in [2.45, 2.75) is 26.7 Å². The first-order chi connectivity index (χ1) is 15.4. The minimum atomic E-state index is -0.479. The highest BCUT2D eigenvalue weighted by atomic mass is 35.5. The van der Waals surface area contributed by atoms with Gasteiger partial charge in [0.1, 0.15) is 17.0 Å². The van der Waals surface area contributed by atoms with Gasteiger partial charge in [0, 0.05) is 11.3 Å². The average Bonchev–Trinajstić information content (AvgIpc) is 3.16. The summed E-state index contributed by atoms with van der Waals surface area (Å²) in [7, 11) is 0. The third kappa shape index (κ3) is 5.72. The molecule has 32 heavy (non-hydrogen) atoms. The number of anilines is 1. The maximum Gasteiger partial charge on any atom is 0.338 e. The van der Waals surface area contributed by atoms with Crippen LogP contribution < -0.4 is 10.6 Å². The molecular formula is C23H22ClN3O4S. The molecule has 0 atom stereocenters. The lowest BCUT2D eigenvalue weighted by atomic mass is 10.1. The lowest BCUT2D eigenvalue weighted by Crippen LogP contribution is -2.34. The maximum absolute atomic E-state index is 12.9. The van der Waals surface area contributed by atoms with Crippen molar-refractivity contribution in [1.82, 2.24) is 10.5 Å². The summed E-state index contributed by atoms with van der Waals surface area (Å²) in [5.41, 5.74) is 2.20. The van der Waals surface area contributed by atoms with Gasteiger partial charge in [-0.1, -0.05) is 48.3 Å². The van der Waals surface area contributed by atoms with E-state index < -0.39 is 5.91 Å². The fourth-order valence-corrected chi connectivity index (χ4v) is 3.32. The first-order valence-corrected chi connectivity index (χ1v) is 10.8. The number of amides is 1. The molecule has 3 rings (SSSR count). The molecule has 1 amide bonds. The molecule has 2 aromatic carbocycles. The largest absolute Gasteiger partial charge is 0.462 e. The van der Waals surface area contributed by atoms with E-state index in [2.05, 4.69) is 15.8 Å². The van der Waals surface area contributed by atoms with E-state index in [4.69, 9.17) is 33.1 Å². The SMILES string of the molecule is CCCCOC(=O)c1ccc(NC(=S)NC(=O)c2c(-c3ccccc3Cl)noc2C)cc1. The van der Waals surface area contributed by atoms with Crippen LogP contribution in [0.25, 0.3) is 11.3 Å². The highest BCUT2D eigenvalue weighted by molar-refractivity contribution is 7.80. The Bertz CT molecular complexity index is 1130. The van der Waals surface area contributed by atoms with E-state index in [0.29, 0.717) is 39.9 Å². The molecule has 3 aromatic rings. The monoisotopic (exact) mass is 471 g/mol. The Morgan fingerprint density at radius 2 is 1.88 bits per heavy atom. The Hall–Kier alpha value is -3.23. The summed E-state index contributed by atoms with van der Waals surface area (Å²) in [5, 5.41) is 10.0. The second kappa shape index (κ2) is 10.9. The zero-order valence-corrected chi connectivity index (χ0v) is 19.2. The number of carbonyl (C=O) groups is 2. The lowest BCUT2D eigenvalue weighted by molar-refractivity contribution is 0.0499. The van der Waals surface area contributed by atoms with Gasteiger partial charge in [0.05, 0.1) is 17.2 Å². The van der Waals surface area contributed by atoms with Crippen LogP contribution >= 0.6 is 23.8 Å². The number of hydrogen-bond donors (Lipinski definition) is 2. The fourth-order valence-electron chi connectivity index (χ4n) is 2.89. The molecule has 2 N–H and O–H groups in total. The number of aromatic nitrogens is 1. The Kier molecular flexibility index (Phi) is 7.97. The molecule has 0 bridgehead atoms. The summed E-state index contributed by atoms with van der Waals surface area (Å²) in [4.78, 5) is 24.8. The first-order valence-electron chi connectivity index (χ1n) is 10.0. The van der Waals surface area contributed by atoms with Gasteiger partial charge in [-0.25, -0.2) is 4.79 Å². The molecule has 0 spiro atoms. The van der Waals surface area contributed by atoms with Crippen molar-refractivity contribution >= 4 is 46.5 Å². The Morgan fingerprint density at radius 3 is 2.56 bits per heavy atom. The van der Waals surface area contributed by atoms with E-state index in [1.54, 1.807) is 55.5 Å². The standard InChI is InChI=1S/C23H22ClN3O4S/c1-3-4-13-30-22(29)15-9-11-16(12-10-15)25-23(32)26-21(28)19-14(2)31-27-20(19)17-7-5-6-8-18(17)24/h5-12H,3-4,13H2,1-2H3,(H2,25,26,28,32). The van der Waals surface area contributed by atoms with Gasteiger partial charge < -0.3 is 14.6 Å². The minimum absolute atomic E-state index is 0.0824. The predicted molar refractivity (Wildman–Crippen MR) is 127 cm³/mol.